The van der Waals surface area contributed by atoms with Crippen LogP contribution >= 0.6 is 45.3 Å². The summed E-state index contributed by atoms with van der Waals surface area (Å²) in [4.78, 5) is 159. The van der Waals surface area contributed by atoms with Gasteiger partial charge in [0.2, 0.25) is 35.4 Å². The number of aromatic hydroxyl groups is 3. The van der Waals surface area contributed by atoms with Crippen LogP contribution in [-0.2, 0) is 83.5 Å². The number of hydrogen-bond acceptors (Lipinski definition) is 33. The van der Waals surface area contributed by atoms with E-state index >= 15 is 0 Å². The highest BCUT2D eigenvalue weighted by molar-refractivity contribution is 7.20. The molecule has 4 aromatic carbocycles. The van der Waals surface area contributed by atoms with Gasteiger partial charge in [0, 0.05) is 191 Å². The van der Waals surface area contributed by atoms with E-state index in [1.165, 1.54) is 29.2 Å². The van der Waals surface area contributed by atoms with Crippen LogP contribution in [0.1, 0.15) is 91.6 Å². The van der Waals surface area contributed by atoms with Crippen molar-refractivity contribution in [3.63, 3.8) is 0 Å². The number of benzene rings is 4. The number of carbonyl (C=O) groups is 8. The van der Waals surface area contributed by atoms with Gasteiger partial charge in [-0.3, -0.25) is 48.4 Å². The number of carbonyl (C=O) groups excluding carboxylic acids is 8. The summed E-state index contributed by atoms with van der Waals surface area (Å²) in [6, 6.07) is 35.2. The van der Waals surface area contributed by atoms with E-state index in [0.29, 0.717) is 109 Å². The topological polar surface area (TPSA) is 419 Å². The minimum atomic E-state index is -0.286. The van der Waals surface area contributed by atoms with Crippen molar-refractivity contribution in [1.82, 2.24) is 85.2 Å². The lowest BCUT2D eigenvalue weighted by atomic mass is 9.85. The van der Waals surface area contributed by atoms with Crippen LogP contribution in [-0.4, -0.2) is 302 Å². The summed E-state index contributed by atoms with van der Waals surface area (Å²) in [6.07, 6.45) is 12.9. The van der Waals surface area contributed by atoms with Crippen LogP contribution in [0, 0.1) is 5.92 Å². The molecular formula is C106H121N21O15S4. The predicted molar refractivity (Wildman–Crippen MR) is 569 cm³/mol. The molecule has 0 unspecified atom stereocenters. The SMILES string of the molecule is C/C=C/C(=O)CCC(=O)N(C)Cc1cc2nc(-c3cccc(O)c3)nc(N3CCOCC3)c2s1.C=CC(=O)N(C)Cc1cc2nc(-c3cccc(O)c3)nc(N3CCOCC3)c2s1.C=CC(=O)NC1CCC(C(=O)N(C)Cc2cc3nc(-c4cccc(O)c4)nc(N4CCOCC4)c3s2)CC1.CC(C)=CC(=O)CCC(=O)NCC(=O)N1CCN(Cc2cc3nc(-c4cccc5[nH]ncc45)nc(N4CCOCC4)c3s2)CC1. The molecule has 764 valence electrons. The molecule has 5 saturated heterocycles. The molecule has 1 aliphatic carbocycles. The normalized spacial score (nSPS) is 16.1. The van der Waals surface area contributed by atoms with Crippen molar-refractivity contribution >= 4 is 167 Å². The van der Waals surface area contributed by atoms with Crippen molar-refractivity contribution in [2.75, 3.05) is 179 Å². The number of nitrogens with one attached hydrogen (secondary N) is 3. The zero-order valence-electron chi connectivity index (χ0n) is 82.8. The number of anilines is 4. The van der Waals surface area contributed by atoms with Crippen molar-refractivity contribution < 1.29 is 72.6 Å². The van der Waals surface area contributed by atoms with E-state index in [0.717, 1.165) is 215 Å². The number of fused-ring (bicyclic) bond motifs is 5. The molecule has 0 atom stereocenters. The van der Waals surface area contributed by atoms with Crippen LogP contribution in [0.4, 0.5) is 23.3 Å². The molecule has 0 bridgehead atoms. The quantitative estimate of drug-likeness (QED) is 0.0228. The van der Waals surface area contributed by atoms with Crippen molar-refractivity contribution in [1.29, 1.82) is 0 Å². The molecule has 6 amide bonds. The second kappa shape index (κ2) is 49.7. The third kappa shape index (κ3) is 27.2. The number of phenols is 3. The first-order valence-electron chi connectivity index (χ1n) is 49.0. The largest absolute Gasteiger partial charge is 0.508 e. The summed E-state index contributed by atoms with van der Waals surface area (Å²) in [5, 5.41) is 43.6. The molecule has 19 rings (SSSR count). The predicted octanol–water partition coefficient (Wildman–Crippen LogP) is 13.7. The minimum Gasteiger partial charge on any atom is -0.508 e. The number of hydrogen-bond donors (Lipinski definition) is 6. The van der Waals surface area contributed by atoms with Crippen LogP contribution in [0.5, 0.6) is 17.2 Å². The maximum Gasteiger partial charge on any atom is 0.246 e. The Hall–Kier alpha value is -14.0. The van der Waals surface area contributed by atoms with Crippen LogP contribution in [0.15, 0.2) is 171 Å². The monoisotopic (exact) mass is 2060 g/mol. The molecular weight excluding hydrogens is 1940 g/mol. The number of likely N-dealkylation sites (N-methyl/N-ethyl adjacent to an activating group) is 1. The molecule has 6 N–H and O–H groups in total. The van der Waals surface area contributed by atoms with E-state index in [4.69, 9.17) is 58.8 Å². The van der Waals surface area contributed by atoms with Crippen LogP contribution in [0.3, 0.4) is 0 Å². The number of allylic oxidation sites excluding steroid dienone is 4. The summed E-state index contributed by atoms with van der Waals surface area (Å²) in [5.41, 5.74) is 8.44. The van der Waals surface area contributed by atoms with Crippen molar-refractivity contribution in [2.24, 2.45) is 5.92 Å². The summed E-state index contributed by atoms with van der Waals surface area (Å²) in [6.45, 7) is 28.5. The first-order chi connectivity index (χ1) is 70.7. The molecule has 13 aromatic rings. The maximum atomic E-state index is 13.2. The second-order valence-electron chi connectivity index (χ2n) is 36.6. The summed E-state index contributed by atoms with van der Waals surface area (Å²) in [5.74, 6) is 5.59. The number of aromatic nitrogens is 10. The number of ketones is 2. The summed E-state index contributed by atoms with van der Waals surface area (Å²) < 4.78 is 26.2. The number of rotatable bonds is 30. The third-order valence-electron chi connectivity index (χ3n) is 25.6. The number of phenolic OH excluding ortho intramolecular Hbond substituents is 3. The number of piperazine rings is 1. The second-order valence-corrected chi connectivity index (χ2v) is 41.1. The van der Waals surface area contributed by atoms with Crippen molar-refractivity contribution in [3.05, 3.63) is 190 Å². The first-order valence-corrected chi connectivity index (χ1v) is 52.2. The van der Waals surface area contributed by atoms with E-state index in [1.54, 1.807) is 147 Å². The molecule has 40 heteroatoms. The molecule has 146 heavy (non-hydrogen) atoms. The number of aromatic amines is 1. The Bertz CT molecular complexity index is 6950. The van der Waals surface area contributed by atoms with E-state index in [-0.39, 0.29) is 108 Å². The van der Waals surface area contributed by atoms with Gasteiger partial charge in [-0.05, 0) is 137 Å². The van der Waals surface area contributed by atoms with Gasteiger partial charge in [0.05, 0.1) is 132 Å². The Morgan fingerprint density at radius 1 is 0.479 bits per heavy atom. The highest BCUT2D eigenvalue weighted by atomic mass is 32.1. The number of amides is 6. The fourth-order valence-electron chi connectivity index (χ4n) is 18.0. The number of morpholine rings is 4. The van der Waals surface area contributed by atoms with Gasteiger partial charge >= 0.3 is 0 Å². The van der Waals surface area contributed by atoms with Gasteiger partial charge in [-0.25, -0.2) is 39.9 Å². The first kappa shape index (κ1) is 105. The Kier molecular flexibility index (Phi) is 35.7. The summed E-state index contributed by atoms with van der Waals surface area (Å²) in [7, 11) is 5.35. The molecule has 0 radical (unpaired) electrons. The average molecular weight is 2060 g/mol. The molecule has 0 spiro atoms. The van der Waals surface area contributed by atoms with E-state index in [9.17, 15) is 53.7 Å². The number of thiophene rings is 4. The lowest BCUT2D eigenvalue weighted by molar-refractivity contribution is -0.136. The number of H-pyrrole nitrogens is 1. The number of nitrogens with zero attached hydrogens (tertiary/aromatic N) is 18. The van der Waals surface area contributed by atoms with Gasteiger partial charge in [0.15, 0.2) is 58.1 Å². The molecule has 5 aliphatic heterocycles. The third-order valence-corrected chi connectivity index (χ3v) is 30.0. The van der Waals surface area contributed by atoms with Crippen LogP contribution in [0.25, 0.3) is 97.3 Å². The van der Waals surface area contributed by atoms with Gasteiger partial charge in [0.25, 0.3) is 0 Å². The van der Waals surface area contributed by atoms with Crippen LogP contribution in [0.2, 0.25) is 0 Å². The van der Waals surface area contributed by atoms with E-state index < -0.39 is 0 Å². The average Bonchev–Trinajstić information content (AvgIpc) is 1.61. The highest BCUT2D eigenvalue weighted by Crippen LogP contribution is 2.42. The Balaban J connectivity index is 0.000000141. The zero-order chi connectivity index (χ0) is 102. The fraction of sp³-hybridized carbons (Fsp3) is 0.387. The van der Waals surface area contributed by atoms with E-state index in [1.807, 2.05) is 81.7 Å². The Labute approximate surface area is 861 Å². The molecule has 6 fully saturated rings. The van der Waals surface area contributed by atoms with Crippen molar-refractivity contribution in [3.8, 4) is 62.8 Å². The van der Waals surface area contributed by atoms with Crippen molar-refractivity contribution in [2.45, 2.75) is 104 Å². The van der Waals surface area contributed by atoms with Gasteiger partial charge in [-0.15, -0.1) is 45.3 Å². The van der Waals surface area contributed by atoms with Crippen LogP contribution < -0.4 is 30.2 Å². The Morgan fingerprint density at radius 2 is 0.904 bits per heavy atom. The maximum absolute atomic E-state index is 13.2. The Morgan fingerprint density at radius 3 is 1.35 bits per heavy atom. The smallest absolute Gasteiger partial charge is 0.246 e. The molecule has 9 aromatic heterocycles. The fourth-order valence-corrected chi connectivity index (χ4v) is 22.6. The van der Waals surface area contributed by atoms with Gasteiger partial charge in [-0.1, -0.05) is 73.3 Å². The number of ether oxygens (including phenoxy) is 4. The molecule has 14 heterocycles. The molecule has 6 aliphatic rings. The highest BCUT2D eigenvalue weighted by Gasteiger charge is 2.33. The van der Waals surface area contributed by atoms with Gasteiger partial charge < -0.3 is 84.1 Å². The lowest BCUT2D eigenvalue weighted by Gasteiger charge is -2.34. The van der Waals surface area contributed by atoms with E-state index in [2.05, 4.69) is 64.6 Å². The zero-order valence-corrected chi connectivity index (χ0v) is 86.0. The summed E-state index contributed by atoms with van der Waals surface area (Å²) >= 11 is 6.51. The standard InChI is InChI=1S/C32H38N8O4S.C28H33N5O4S.C25H28N4O4S.C21H22N4O3S/c1-21(2)16-22(41)6-7-28(42)33-19-29(43)39-10-8-38(9-11-39)20-23-17-27-30(45-23)32(40-12-14-44-15-13-40)36-31(35-27)24-4-3-5-26-25(24)18-34-37-26;1-3-24(35)29-20-9-7-18(8-10-20)28(36)32(2)17-22-16-23-25(38-22)27(33-11-13-37-14-12-33)31-26(30-23)19-5-4-6-21(34)15-19;1-3-5-18(30)8-9-22(32)28(2)16-20-15-21-23(34-20)25(29-10-12-33-13-11-29)27-24(26-21)17-6-4-7-19(31)14-17;1-3-18(27)24(2)13-16-12-17-19(29-16)21(25-7-9-28-10-8-25)23-20(22-17)14-5-4-6-15(26)11-14/h3-5,16-18H,6-15,19-20H2,1-2H3,(H,33,42)(H,34,37);3-6,15-16,18,20,34H,1,7-14,17H2,2H3,(H,29,35);3-7,14-15,31H,8-13,16H2,1-2H3;3-6,11-12,26H,1,7-10,13H2,2H3/b;;5-3+;. The lowest BCUT2D eigenvalue weighted by Crippen LogP contribution is -2.50. The molecule has 36 nitrogen and oxygen atoms in total. The minimum absolute atomic E-state index is 0.0349. The van der Waals surface area contributed by atoms with Gasteiger partial charge in [0.1, 0.15) is 17.2 Å². The van der Waals surface area contributed by atoms with Gasteiger partial charge in [-0.2, -0.15) is 5.10 Å². The molecule has 1 saturated carbocycles.